The summed E-state index contributed by atoms with van der Waals surface area (Å²) in [6.45, 7) is -0.117. The van der Waals surface area contributed by atoms with Crippen LogP contribution in [-0.4, -0.2) is 33.7 Å². The number of benzene rings is 2. The Morgan fingerprint density at radius 3 is 2.77 bits per heavy atom. The van der Waals surface area contributed by atoms with Crippen molar-refractivity contribution in [2.24, 2.45) is 0 Å². The van der Waals surface area contributed by atoms with E-state index in [9.17, 15) is 22.4 Å². The number of carbonyl (C=O) groups excluding carboxylic acids is 1. The summed E-state index contributed by atoms with van der Waals surface area (Å²) in [5.74, 6) is -0.304. The van der Waals surface area contributed by atoms with Crippen molar-refractivity contribution in [1.29, 1.82) is 0 Å². The first-order chi connectivity index (χ1) is 14.3. The van der Waals surface area contributed by atoms with Crippen molar-refractivity contribution in [2.75, 3.05) is 6.54 Å². The molecule has 9 heteroatoms. The van der Waals surface area contributed by atoms with Gasteiger partial charge in [-0.1, -0.05) is 12.1 Å². The lowest BCUT2D eigenvalue weighted by Crippen LogP contribution is -2.28. The number of ether oxygens (including phenoxy) is 1. The Morgan fingerprint density at radius 1 is 1.17 bits per heavy atom. The van der Waals surface area contributed by atoms with E-state index in [1.165, 1.54) is 17.0 Å². The van der Waals surface area contributed by atoms with Crippen molar-refractivity contribution in [2.45, 2.75) is 25.7 Å². The van der Waals surface area contributed by atoms with E-state index < -0.39 is 18.5 Å². The Hall–Kier alpha value is -3.36. The first-order valence-electron chi connectivity index (χ1n) is 9.20. The molecule has 0 spiro atoms. The third kappa shape index (κ3) is 4.29. The molecule has 0 aliphatic carbocycles. The Bertz CT molecular complexity index is 1080. The molecular formula is C21H17F4N3O2. The number of nitrogens with zero attached hydrogens (tertiary/aromatic N) is 2. The third-order valence-corrected chi connectivity index (χ3v) is 4.85. The molecule has 0 saturated heterocycles. The lowest BCUT2D eigenvalue weighted by molar-refractivity contribution is -0.136. The summed E-state index contributed by atoms with van der Waals surface area (Å²) in [6, 6.07) is 10.9. The summed E-state index contributed by atoms with van der Waals surface area (Å²) in [5, 5.41) is 6.81. The molecule has 30 heavy (non-hydrogen) atoms. The van der Waals surface area contributed by atoms with Gasteiger partial charge in [0.1, 0.15) is 18.2 Å². The average Bonchev–Trinajstić information content (AvgIpc) is 3.28. The molecule has 1 aliphatic rings. The molecule has 5 nitrogen and oxygen atoms in total. The highest BCUT2D eigenvalue weighted by molar-refractivity contribution is 5.98. The smallest absolute Gasteiger partial charge is 0.390 e. The van der Waals surface area contributed by atoms with Crippen LogP contribution < -0.4 is 4.74 Å². The van der Waals surface area contributed by atoms with Crippen LogP contribution in [0.4, 0.5) is 17.6 Å². The van der Waals surface area contributed by atoms with Gasteiger partial charge in [0.05, 0.1) is 18.3 Å². The molecule has 156 valence electrons. The van der Waals surface area contributed by atoms with E-state index >= 15 is 0 Å². The number of alkyl halides is 3. The molecule has 0 bridgehead atoms. The molecule has 0 atom stereocenters. The van der Waals surface area contributed by atoms with Crippen LogP contribution >= 0.6 is 0 Å². The Labute approximate surface area is 169 Å². The molecule has 0 fully saturated rings. The van der Waals surface area contributed by atoms with E-state index in [2.05, 4.69) is 10.2 Å². The molecule has 1 aromatic heterocycles. The number of aromatic nitrogens is 2. The zero-order chi connectivity index (χ0) is 21.3. The lowest BCUT2D eigenvalue weighted by Gasteiger charge is -2.16. The van der Waals surface area contributed by atoms with Crippen molar-refractivity contribution >= 4 is 5.91 Å². The summed E-state index contributed by atoms with van der Waals surface area (Å²) in [7, 11) is 0. The van der Waals surface area contributed by atoms with E-state index in [0.717, 1.165) is 0 Å². The number of H-pyrrole nitrogens is 1. The molecule has 4 rings (SSSR count). The molecule has 2 heterocycles. The predicted octanol–water partition coefficient (Wildman–Crippen LogP) is 4.70. The van der Waals surface area contributed by atoms with Crippen LogP contribution in [0.15, 0.2) is 48.7 Å². The van der Waals surface area contributed by atoms with Crippen LogP contribution in [0.25, 0.3) is 11.3 Å². The minimum atomic E-state index is -4.31. The lowest BCUT2D eigenvalue weighted by atomic mass is 10.1. The third-order valence-electron chi connectivity index (χ3n) is 4.85. The minimum absolute atomic E-state index is 0.113. The van der Waals surface area contributed by atoms with Crippen LogP contribution in [0, 0.1) is 5.82 Å². The molecule has 2 aromatic carbocycles. The number of hydrogen-bond acceptors (Lipinski definition) is 3. The summed E-state index contributed by atoms with van der Waals surface area (Å²) < 4.78 is 56.6. The van der Waals surface area contributed by atoms with Crippen molar-refractivity contribution in [1.82, 2.24) is 15.1 Å². The number of aromatic amines is 1. The molecule has 1 N–H and O–H groups in total. The van der Waals surface area contributed by atoms with Gasteiger partial charge in [0, 0.05) is 29.8 Å². The summed E-state index contributed by atoms with van der Waals surface area (Å²) >= 11 is 0. The van der Waals surface area contributed by atoms with Gasteiger partial charge in [-0.05, 0) is 35.9 Å². The van der Waals surface area contributed by atoms with Gasteiger partial charge in [0.2, 0.25) is 0 Å². The van der Waals surface area contributed by atoms with Crippen LogP contribution in [0.5, 0.6) is 5.75 Å². The van der Waals surface area contributed by atoms with Gasteiger partial charge in [-0.3, -0.25) is 9.89 Å². The molecule has 0 unspecified atom stereocenters. The molecular weight excluding hydrogens is 402 g/mol. The minimum Gasteiger partial charge on any atom is -0.489 e. The topological polar surface area (TPSA) is 58.2 Å². The van der Waals surface area contributed by atoms with Gasteiger partial charge in [-0.2, -0.15) is 18.3 Å². The number of hydrogen-bond donors (Lipinski definition) is 1. The summed E-state index contributed by atoms with van der Waals surface area (Å²) in [4.78, 5) is 13.5. The molecule has 1 amide bonds. The molecule has 0 saturated carbocycles. The van der Waals surface area contributed by atoms with Crippen LogP contribution in [0.2, 0.25) is 0 Å². The van der Waals surface area contributed by atoms with Crippen LogP contribution in [-0.2, 0) is 13.2 Å². The van der Waals surface area contributed by atoms with E-state index in [1.54, 1.807) is 36.5 Å². The highest BCUT2D eigenvalue weighted by Crippen LogP contribution is 2.30. The second-order valence-corrected chi connectivity index (χ2v) is 6.98. The van der Waals surface area contributed by atoms with Crippen molar-refractivity contribution < 1.29 is 27.1 Å². The van der Waals surface area contributed by atoms with E-state index in [1.807, 2.05) is 0 Å². The Morgan fingerprint density at radius 2 is 2.00 bits per heavy atom. The van der Waals surface area contributed by atoms with Gasteiger partial charge >= 0.3 is 6.18 Å². The molecule has 1 aliphatic heterocycles. The Kier molecular flexibility index (Phi) is 5.19. The number of halogens is 4. The first-order valence-corrected chi connectivity index (χ1v) is 9.20. The quantitative estimate of drug-likeness (QED) is 0.589. The zero-order valence-corrected chi connectivity index (χ0v) is 15.7. The summed E-state index contributed by atoms with van der Waals surface area (Å²) in [5.41, 5.74) is 2.98. The van der Waals surface area contributed by atoms with E-state index in [-0.39, 0.29) is 25.5 Å². The maximum Gasteiger partial charge on any atom is 0.390 e. The van der Waals surface area contributed by atoms with Gasteiger partial charge in [0.15, 0.2) is 0 Å². The molecule has 0 radical (unpaired) electrons. The standard InChI is InChI=1S/C21H17F4N3O2/c22-16-3-1-2-13(8-16)19-15(10-26-27-19)12-30-17-4-5-18-14(9-17)11-28(20(18)29)7-6-21(23,24)25/h1-5,8-10H,6-7,11-12H2,(H,26,27). The largest absolute Gasteiger partial charge is 0.489 e. The fraction of sp³-hybridized carbons (Fsp3) is 0.238. The van der Waals surface area contributed by atoms with E-state index in [4.69, 9.17) is 4.74 Å². The maximum absolute atomic E-state index is 13.5. The van der Waals surface area contributed by atoms with Crippen molar-refractivity contribution in [3.63, 3.8) is 0 Å². The predicted molar refractivity (Wildman–Crippen MR) is 100 cm³/mol. The number of amides is 1. The monoisotopic (exact) mass is 419 g/mol. The maximum atomic E-state index is 13.5. The number of carbonyl (C=O) groups is 1. The normalized spacial score (nSPS) is 13.6. The second kappa shape index (κ2) is 7.81. The number of rotatable bonds is 6. The van der Waals surface area contributed by atoms with E-state index in [0.29, 0.717) is 33.7 Å². The highest BCUT2D eigenvalue weighted by atomic mass is 19.4. The number of fused-ring (bicyclic) bond motifs is 1. The SMILES string of the molecule is O=C1c2ccc(OCc3cn[nH]c3-c3cccc(F)c3)cc2CN1CCC(F)(F)F. The zero-order valence-electron chi connectivity index (χ0n) is 15.7. The number of nitrogens with one attached hydrogen (secondary N) is 1. The van der Waals surface area contributed by atoms with Gasteiger partial charge in [-0.25, -0.2) is 4.39 Å². The van der Waals surface area contributed by atoms with Gasteiger partial charge < -0.3 is 9.64 Å². The second-order valence-electron chi connectivity index (χ2n) is 6.98. The van der Waals surface area contributed by atoms with Crippen LogP contribution in [0.1, 0.15) is 27.9 Å². The Balaban J connectivity index is 1.44. The van der Waals surface area contributed by atoms with Gasteiger partial charge in [-0.15, -0.1) is 0 Å². The fourth-order valence-electron chi connectivity index (χ4n) is 3.36. The van der Waals surface area contributed by atoms with Gasteiger partial charge in [0.25, 0.3) is 5.91 Å². The molecule has 3 aromatic rings. The highest BCUT2D eigenvalue weighted by Gasteiger charge is 2.33. The fourth-order valence-corrected chi connectivity index (χ4v) is 3.36. The first kappa shape index (κ1) is 19.9. The van der Waals surface area contributed by atoms with Crippen molar-refractivity contribution in [3.05, 3.63) is 71.2 Å². The van der Waals surface area contributed by atoms with Crippen molar-refractivity contribution in [3.8, 4) is 17.0 Å². The van der Waals surface area contributed by atoms with Crippen LogP contribution in [0.3, 0.4) is 0 Å². The summed E-state index contributed by atoms with van der Waals surface area (Å²) in [6.07, 6.45) is -3.78. The average molecular weight is 419 g/mol.